The summed E-state index contributed by atoms with van der Waals surface area (Å²) in [6.45, 7) is 11.5. The zero-order valence-corrected chi connectivity index (χ0v) is 14.8. The molecule has 1 aromatic rings. The second kappa shape index (κ2) is 7.58. The molecule has 124 valence electrons. The topological polar surface area (TPSA) is 83.0 Å². The SMILES string of the molecule is CCC[C@@H](C)N(NC(C)=O)c1nc(Cl)nc(NC(C)(C)C)n1. The van der Waals surface area contributed by atoms with Crippen molar-refractivity contribution in [3.05, 3.63) is 5.28 Å². The number of halogens is 1. The van der Waals surface area contributed by atoms with E-state index in [-0.39, 0.29) is 22.8 Å². The Morgan fingerprint density at radius 1 is 1.32 bits per heavy atom. The molecule has 0 spiro atoms. The van der Waals surface area contributed by atoms with E-state index < -0.39 is 0 Å². The van der Waals surface area contributed by atoms with Crippen LogP contribution in [0.25, 0.3) is 0 Å². The molecule has 1 atom stereocenters. The van der Waals surface area contributed by atoms with Crippen molar-refractivity contribution < 1.29 is 4.79 Å². The minimum absolute atomic E-state index is 0.0369. The first-order valence-corrected chi connectivity index (χ1v) is 7.76. The number of anilines is 2. The van der Waals surface area contributed by atoms with Gasteiger partial charge in [-0.1, -0.05) is 13.3 Å². The molecule has 1 amide bonds. The van der Waals surface area contributed by atoms with Gasteiger partial charge in [0.25, 0.3) is 5.95 Å². The van der Waals surface area contributed by atoms with Crippen LogP contribution in [0, 0.1) is 0 Å². The van der Waals surface area contributed by atoms with Crippen LogP contribution in [-0.4, -0.2) is 32.4 Å². The fourth-order valence-corrected chi connectivity index (χ4v) is 2.07. The summed E-state index contributed by atoms with van der Waals surface area (Å²) >= 11 is 6.00. The second-order valence-electron chi connectivity index (χ2n) is 6.28. The summed E-state index contributed by atoms with van der Waals surface area (Å²) in [6, 6.07) is 0.0369. The van der Waals surface area contributed by atoms with Crippen molar-refractivity contribution in [1.82, 2.24) is 20.4 Å². The smallest absolute Gasteiger partial charge is 0.250 e. The van der Waals surface area contributed by atoms with E-state index in [2.05, 4.69) is 32.6 Å². The maximum atomic E-state index is 11.5. The molecule has 0 aliphatic heterocycles. The summed E-state index contributed by atoms with van der Waals surface area (Å²) in [7, 11) is 0. The van der Waals surface area contributed by atoms with Gasteiger partial charge < -0.3 is 5.32 Å². The molecule has 0 unspecified atom stereocenters. The molecule has 1 rings (SSSR count). The Morgan fingerprint density at radius 2 is 1.95 bits per heavy atom. The molecular weight excluding hydrogens is 304 g/mol. The predicted octanol–water partition coefficient (Wildman–Crippen LogP) is 2.78. The zero-order chi connectivity index (χ0) is 16.9. The van der Waals surface area contributed by atoms with Crippen molar-refractivity contribution in [1.29, 1.82) is 0 Å². The Morgan fingerprint density at radius 3 is 2.45 bits per heavy atom. The molecule has 0 aliphatic rings. The molecule has 7 nitrogen and oxygen atoms in total. The summed E-state index contributed by atoms with van der Waals surface area (Å²) in [5.41, 5.74) is 2.54. The van der Waals surface area contributed by atoms with Crippen molar-refractivity contribution in [2.45, 2.75) is 66.0 Å². The lowest BCUT2D eigenvalue weighted by atomic mass is 10.1. The Hall–Kier alpha value is -1.63. The van der Waals surface area contributed by atoms with Gasteiger partial charge in [-0.15, -0.1) is 0 Å². The van der Waals surface area contributed by atoms with E-state index in [1.54, 1.807) is 5.01 Å². The van der Waals surface area contributed by atoms with Gasteiger partial charge in [0, 0.05) is 12.5 Å². The van der Waals surface area contributed by atoms with E-state index >= 15 is 0 Å². The van der Waals surface area contributed by atoms with Crippen LogP contribution in [0.2, 0.25) is 5.28 Å². The second-order valence-corrected chi connectivity index (χ2v) is 6.62. The highest BCUT2D eigenvalue weighted by Gasteiger charge is 2.21. The van der Waals surface area contributed by atoms with Crippen LogP contribution in [0.4, 0.5) is 11.9 Å². The molecule has 0 aromatic carbocycles. The molecule has 0 saturated heterocycles. The zero-order valence-electron chi connectivity index (χ0n) is 14.1. The maximum absolute atomic E-state index is 11.5. The molecule has 2 N–H and O–H groups in total. The molecule has 8 heteroatoms. The summed E-state index contributed by atoms with van der Waals surface area (Å²) in [4.78, 5) is 24.0. The lowest BCUT2D eigenvalue weighted by Crippen LogP contribution is -2.48. The quantitative estimate of drug-likeness (QED) is 0.781. The number of carbonyl (C=O) groups excluding carboxylic acids is 1. The number of hydrogen-bond donors (Lipinski definition) is 2. The van der Waals surface area contributed by atoms with E-state index in [0.29, 0.717) is 11.9 Å². The Bertz CT molecular complexity index is 517. The molecule has 0 saturated carbocycles. The molecule has 0 fully saturated rings. The molecule has 1 aromatic heterocycles. The van der Waals surface area contributed by atoms with Crippen LogP contribution in [0.5, 0.6) is 0 Å². The molecule has 0 radical (unpaired) electrons. The van der Waals surface area contributed by atoms with Crippen molar-refractivity contribution in [2.75, 3.05) is 10.3 Å². The van der Waals surface area contributed by atoms with Gasteiger partial charge in [0.1, 0.15) is 0 Å². The van der Waals surface area contributed by atoms with Crippen LogP contribution in [-0.2, 0) is 4.79 Å². The highest BCUT2D eigenvalue weighted by molar-refractivity contribution is 6.28. The number of hydrogen-bond acceptors (Lipinski definition) is 6. The van der Waals surface area contributed by atoms with Gasteiger partial charge >= 0.3 is 0 Å². The first-order chi connectivity index (χ1) is 10.1. The van der Waals surface area contributed by atoms with Crippen LogP contribution >= 0.6 is 11.6 Å². The van der Waals surface area contributed by atoms with Crippen LogP contribution in [0.3, 0.4) is 0 Å². The number of rotatable bonds is 6. The summed E-state index contributed by atoms with van der Waals surface area (Å²) < 4.78 is 0. The number of aromatic nitrogens is 3. The molecule has 1 heterocycles. The average molecular weight is 329 g/mol. The Balaban J connectivity index is 3.15. The van der Waals surface area contributed by atoms with Crippen molar-refractivity contribution in [3.8, 4) is 0 Å². The molecule has 0 bridgehead atoms. The van der Waals surface area contributed by atoms with Crippen molar-refractivity contribution >= 4 is 29.4 Å². The lowest BCUT2D eigenvalue weighted by molar-refractivity contribution is -0.119. The van der Waals surface area contributed by atoms with E-state index in [0.717, 1.165) is 12.8 Å². The van der Waals surface area contributed by atoms with Crippen LogP contribution < -0.4 is 15.8 Å². The number of amides is 1. The van der Waals surface area contributed by atoms with Gasteiger partial charge in [-0.05, 0) is 45.7 Å². The van der Waals surface area contributed by atoms with Crippen LogP contribution in [0.1, 0.15) is 54.4 Å². The maximum Gasteiger partial charge on any atom is 0.250 e. The first-order valence-electron chi connectivity index (χ1n) is 7.38. The van der Waals surface area contributed by atoms with Crippen molar-refractivity contribution in [2.24, 2.45) is 0 Å². The van der Waals surface area contributed by atoms with Crippen molar-refractivity contribution in [3.63, 3.8) is 0 Å². The van der Waals surface area contributed by atoms with Gasteiger partial charge in [-0.2, -0.15) is 15.0 Å². The lowest BCUT2D eigenvalue weighted by Gasteiger charge is -2.29. The standard InChI is InChI=1S/C14H25ClN6O/c1-7-8-9(2)21(20-10(3)22)13-17-11(15)16-12(18-13)19-14(4,5)6/h9H,7-8H2,1-6H3,(H,20,22)(H,16,17,18,19)/t9-/m1/s1. The minimum Gasteiger partial charge on any atom is -0.349 e. The molecular formula is C14H25ClN6O. The number of carbonyl (C=O) groups is 1. The third-order valence-electron chi connectivity index (χ3n) is 2.72. The van der Waals surface area contributed by atoms with E-state index in [9.17, 15) is 4.79 Å². The Labute approximate surface area is 136 Å². The first kappa shape index (κ1) is 18.4. The molecule has 0 aliphatic carbocycles. The predicted molar refractivity (Wildman–Crippen MR) is 88.9 cm³/mol. The van der Waals surface area contributed by atoms with E-state index in [1.165, 1.54) is 6.92 Å². The largest absolute Gasteiger partial charge is 0.349 e. The van der Waals surface area contributed by atoms with E-state index in [1.807, 2.05) is 27.7 Å². The monoisotopic (exact) mass is 328 g/mol. The average Bonchev–Trinajstić information content (AvgIpc) is 2.32. The highest BCUT2D eigenvalue weighted by atomic mass is 35.5. The van der Waals surface area contributed by atoms with Gasteiger partial charge in [0.15, 0.2) is 0 Å². The van der Waals surface area contributed by atoms with E-state index in [4.69, 9.17) is 11.6 Å². The Kier molecular flexibility index (Phi) is 6.34. The van der Waals surface area contributed by atoms with Gasteiger partial charge in [-0.3, -0.25) is 10.2 Å². The highest BCUT2D eigenvalue weighted by Crippen LogP contribution is 2.18. The van der Waals surface area contributed by atoms with Gasteiger partial charge in [0.2, 0.25) is 17.1 Å². The number of nitrogens with zero attached hydrogens (tertiary/aromatic N) is 4. The third-order valence-corrected chi connectivity index (χ3v) is 2.89. The third kappa shape index (κ3) is 6.01. The number of hydrazine groups is 1. The fraction of sp³-hybridized carbons (Fsp3) is 0.714. The summed E-state index contributed by atoms with van der Waals surface area (Å²) in [5, 5.41) is 4.87. The molecule has 22 heavy (non-hydrogen) atoms. The minimum atomic E-state index is -0.212. The normalized spacial score (nSPS) is 12.7. The van der Waals surface area contributed by atoms with Gasteiger partial charge in [0.05, 0.1) is 6.04 Å². The fourth-order valence-electron chi connectivity index (χ4n) is 1.91. The summed E-state index contributed by atoms with van der Waals surface area (Å²) in [5.74, 6) is 0.509. The number of nitrogens with one attached hydrogen (secondary N) is 2. The van der Waals surface area contributed by atoms with Crippen LogP contribution in [0.15, 0.2) is 0 Å². The summed E-state index contributed by atoms with van der Waals surface area (Å²) in [6.07, 6.45) is 1.86. The van der Waals surface area contributed by atoms with Gasteiger partial charge in [-0.25, -0.2) is 5.01 Å².